The topological polar surface area (TPSA) is 279 Å². The van der Waals surface area contributed by atoms with E-state index in [9.17, 15) is 50.3 Å². The van der Waals surface area contributed by atoms with Crippen molar-refractivity contribution in [3.05, 3.63) is 181 Å². The van der Waals surface area contributed by atoms with Crippen molar-refractivity contribution in [3.8, 4) is 11.3 Å². The number of halogens is 6. The fraction of sp³-hybridized carbons (Fsp3) is 0.432. The molecule has 1 unspecified atom stereocenters. The lowest BCUT2D eigenvalue weighted by atomic mass is 9.78. The van der Waals surface area contributed by atoms with Crippen molar-refractivity contribution in [1.82, 2.24) is 44.9 Å². The zero-order valence-corrected chi connectivity index (χ0v) is 67.4. The summed E-state index contributed by atoms with van der Waals surface area (Å²) < 4.78 is 79.4. The van der Waals surface area contributed by atoms with Gasteiger partial charge in [-0.05, 0) is 218 Å². The molecule has 10 aliphatic heterocycles. The molecule has 630 valence electrons. The van der Waals surface area contributed by atoms with E-state index in [4.69, 9.17) is 19.9 Å². The number of pyridine rings is 9. The average molecular weight is 1660 g/mol. The number of aromatic nitrogens is 9. The second-order valence-electron chi connectivity index (χ2n) is 33.0. The van der Waals surface area contributed by atoms with Gasteiger partial charge in [0.05, 0.1) is 81.9 Å². The van der Waals surface area contributed by atoms with Gasteiger partial charge < -0.3 is 40.0 Å². The zero-order chi connectivity index (χ0) is 83.6. The molecule has 8 bridgehead atoms. The number of hydrogen-bond donors (Lipinski definition) is 4. The number of fused-ring (bicyclic) bond motifs is 16. The highest BCUT2D eigenvalue weighted by Gasteiger charge is 2.48. The van der Waals surface area contributed by atoms with Gasteiger partial charge in [0.1, 0.15) is 34.8 Å². The Hall–Kier alpha value is -12.3. The number of piperidine rings is 5. The number of ketones is 1. The first-order chi connectivity index (χ1) is 58.6. The fourth-order valence-corrected chi connectivity index (χ4v) is 18.5. The molecular formula is C88H96F6N22O5. The summed E-state index contributed by atoms with van der Waals surface area (Å²) in [6, 6.07) is 36.5. The Labute approximate surface area is 696 Å². The molecule has 121 heavy (non-hydrogen) atoms. The number of urea groups is 3. The summed E-state index contributed by atoms with van der Waals surface area (Å²) in [7, 11) is 0. The van der Waals surface area contributed by atoms with Crippen LogP contribution in [-0.4, -0.2) is 184 Å². The number of carbonyl (C=O) groups is 5. The lowest BCUT2D eigenvalue weighted by Gasteiger charge is -2.46. The quantitative estimate of drug-likeness (QED) is 0.0691. The van der Waals surface area contributed by atoms with Crippen molar-refractivity contribution in [3.63, 3.8) is 0 Å². The maximum Gasteiger partial charge on any atom is 0.393 e. The van der Waals surface area contributed by atoms with Gasteiger partial charge in [0.25, 0.3) is 0 Å². The van der Waals surface area contributed by atoms with Crippen LogP contribution < -0.4 is 65.4 Å². The molecule has 7 amide bonds. The van der Waals surface area contributed by atoms with Gasteiger partial charge in [0, 0.05) is 127 Å². The van der Waals surface area contributed by atoms with Crippen LogP contribution in [0.25, 0.3) is 11.3 Å². The van der Waals surface area contributed by atoms with E-state index in [0.717, 1.165) is 155 Å². The van der Waals surface area contributed by atoms with Crippen molar-refractivity contribution in [2.24, 2.45) is 23.7 Å². The van der Waals surface area contributed by atoms with Crippen LogP contribution in [0, 0.1) is 37.5 Å². The maximum atomic E-state index is 13.3. The highest BCUT2D eigenvalue weighted by Crippen LogP contribution is 2.48. The Kier molecular flexibility index (Phi) is 23.3. The van der Waals surface area contributed by atoms with Crippen LogP contribution in [-0.2, 0) is 4.79 Å². The second-order valence-corrected chi connectivity index (χ2v) is 33.0. The van der Waals surface area contributed by atoms with Crippen molar-refractivity contribution in [2.45, 2.75) is 140 Å². The number of alkyl halides is 6. The van der Waals surface area contributed by atoms with Crippen molar-refractivity contribution >= 4 is 105 Å². The zero-order valence-electron chi connectivity index (χ0n) is 67.4. The number of rotatable bonds is 11. The summed E-state index contributed by atoms with van der Waals surface area (Å²) in [5.41, 5.74) is 9.23. The molecular weight excluding hydrogens is 1560 g/mol. The highest BCUT2D eigenvalue weighted by molar-refractivity contribution is 6.07. The van der Waals surface area contributed by atoms with Crippen LogP contribution in [0.4, 0.5) is 116 Å². The largest absolute Gasteiger partial charge is 0.393 e. The van der Waals surface area contributed by atoms with Gasteiger partial charge in [-0.25, -0.2) is 49.3 Å². The van der Waals surface area contributed by atoms with E-state index in [1.54, 1.807) is 105 Å². The van der Waals surface area contributed by atoms with Crippen LogP contribution in [0.1, 0.15) is 123 Å². The van der Waals surface area contributed by atoms with E-state index >= 15 is 0 Å². The third-order valence-corrected chi connectivity index (χ3v) is 24.7. The van der Waals surface area contributed by atoms with E-state index in [1.807, 2.05) is 85.5 Å². The molecule has 6 saturated heterocycles. The molecule has 7 atom stereocenters. The molecule has 9 aromatic rings. The van der Waals surface area contributed by atoms with Gasteiger partial charge in [-0.2, -0.15) is 26.3 Å². The number of nitrogens with zero attached hydrogens (tertiary/aromatic N) is 18. The average Bonchev–Trinajstić information content (AvgIpc) is 1.58. The summed E-state index contributed by atoms with van der Waals surface area (Å²) in [4.78, 5) is 124. The van der Waals surface area contributed by atoms with Crippen LogP contribution in [0.3, 0.4) is 0 Å². The summed E-state index contributed by atoms with van der Waals surface area (Å²) in [5, 5.41) is 11.6. The summed E-state index contributed by atoms with van der Waals surface area (Å²) in [6.45, 7) is 11.4. The highest BCUT2D eigenvalue weighted by atomic mass is 19.4. The monoisotopic (exact) mass is 1650 g/mol. The fourth-order valence-electron chi connectivity index (χ4n) is 18.5. The standard InChI is InChI=1S/C23H26F3N5O.C22H22N6O.C22H25N5O2.C21H23F3N6O/c24-23(25,26)16-6-4-12-31(14-16)19-9-8-17-21(29-19)20(15-5-3-11-30(17)13-15)22(32)28-18-7-1-2-10-27-18;1-15-12-16(8-10-24-15)19-6-7-20-21(26-19)28(18-5-3-11-27(20)14-18)22(29)25-17-4-2-9-23-13-17;1-14-11-17-21(25-20(14)18(28)12-15-7-8-15)27(16-5-4-10-26(17)13-16)22(29)24-19-6-2-3-9-23-19;22-21(23,24)14-8-11-29(12-14)18-7-6-16-19(27-18)30(15-4-3-10-28(16)13-15)20(31)26-17-5-1-2-9-25-17/h1-2,7-10,15-16,20H,3-6,11-14H2,(H,27,28,32);2,4,6-10,12-13,18H,3,5,11,14H2,1H3,(H,25,29);2-3,6,9,11,15-16H,4-5,7-8,10,12-13H2,1H3,(H,23,24,29);1-2,5-7,9,14-15H,3-4,8,10-13H2,(H,25,26,31)/t15-,16-,20?;18-;16-;14-,15-/m0000/s1. The summed E-state index contributed by atoms with van der Waals surface area (Å²) in [5.74, 6) is 1.64. The van der Waals surface area contributed by atoms with E-state index in [0.29, 0.717) is 102 Å². The van der Waals surface area contributed by atoms with Crippen LogP contribution in [0.2, 0.25) is 0 Å². The molecule has 4 N–H and O–H groups in total. The van der Waals surface area contributed by atoms with Crippen molar-refractivity contribution in [1.29, 1.82) is 0 Å². The van der Waals surface area contributed by atoms with Crippen LogP contribution >= 0.6 is 0 Å². The van der Waals surface area contributed by atoms with E-state index in [-0.39, 0.29) is 79.8 Å². The SMILES string of the molecule is Cc1cc(-c2ccc3c(n2)N(C(=O)Nc2cccnc2)[C@H]2CCCN3C2)ccn1.Cc1cc2c(nc1C(=O)CC1CC1)N(C(=O)Nc1ccccn1)[C@H]1CCCN2C1.O=C(Nc1ccccn1)C1c2nc(N3CCC[C@H](C(F)(F)F)C3)ccc2N2CCC[C@H]1C2.O=C(Nc1ccccn1)N1c2nc(N3CC[C@H](C(F)(F)F)C3)ccc2N2CCC[C@H]1C2. The third-order valence-electron chi connectivity index (χ3n) is 24.7. The Morgan fingerprint density at radius 3 is 1.50 bits per heavy atom. The molecule has 27 nitrogen and oxygen atoms in total. The molecule has 19 heterocycles. The number of amides is 7. The molecule has 0 spiro atoms. The van der Waals surface area contributed by atoms with E-state index in [2.05, 4.69) is 71.9 Å². The van der Waals surface area contributed by atoms with Crippen LogP contribution in [0.5, 0.6) is 0 Å². The normalized spacial score (nSPS) is 21.7. The van der Waals surface area contributed by atoms with Gasteiger partial charge in [-0.3, -0.25) is 44.9 Å². The first-order valence-electron chi connectivity index (χ1n) is 42.0. The molecule has 7 fully saturated rings. The number of carbonyl (C=O) groups excluding carboxylic acids is 5. The van der Waals surface area contributed by atoms with Gasteiger partial charge in [0.2, 0.25) is 5.91 Å². The van der Waals surface area contributed by atoms with Gasteiger partial charge in [-0.15, -0.1) is 0 Å². The van der Waals surface area contributed by atoms with Gasteiger partial charge in [0.15, 0.2) is 23.2 Å². The maximum absolute atomic E-state index is 13.3. The van der Waals surface area contributed by atoms with Gasteiger partial charge >= 0.3 is 30.4 Å². The molecule has 9 aromatic heterocycles. The molecule has 0 aromatic carbocycles. The molecule has 1 aliphatic carbocycles. The Bertz CT molecular complexity index is 5260. The van der Waals surface area contributed by atoms with E-state index < -0.39 is 30.1 Å². The smallest absolute Gasteiger partial charge is 0.370 e. The Morgan fingerprint density at radius 2 is 0.942 bits per heavy atom. The lowest BCUT2D eigenvalue weighted by Crippen LogP contribution is -2.56. The predicted octanol–water partition coefficient (Wildman–Crippen LogP) is 15.8. The Balaban J connectivity index is 0.000000115. The third kappa shape index (κ3) is 18.0. The minimum atomic E-state index is -4.21. The first kappa shape index (κ1) is 81.1. The first-order valence-corrected chi connectivity index (χ1v) is 42.0. The second kappa shape index (κ2) is 34.8. The molecule has 11 aliphatic rings. The Morgan fingerprint density at radius 1 is 0.430 bits per heavy atom. The minimum absolute atomic E-state index is 0.0431. The number of Topliss-reactive ketones (excluding diaryl/α,β-unsaturated/α-hetero) is 1. The molecule has 33 heteroatoms. The van der Waals surface area contributed by atoms with Gasteiger partial charge in [-0.1, -0.05) is 18.2 Å². The van der Waals surface area contributed by atoms with Crippen molar-refractivity contribution in [2.75, 3.05) is 144 Å². The van der Waals surface area contributed by atoms with Crippen LogP contribution in [0.15, 0.2) is 159 Å². The predicted molar refractivity (Wildman–Crippen MR) is 452 cm³/mol. The lowest BCUT2D eigenvalue weighted by molar-refractivity contribution is -0.176. The summed E-state index contributed by atoms with van der Waals surface area (Å²) >= 11 is 0. The number of anilines is 13. The number of hydrogen-bond acceptors (Lipinski definition) is 20. The van der Waals surface area contributed by atoms with Crippen molar-refractivity contribution < 1.29 is 50.3 Å². The molecule has 1 saturated carbocycles. The molecule has 20 rings (SSSR count). The number of aryl methyl sites for hydroxylation is 2. The minimum Gasteiger partial charge on any atom is -0.370 e. The van der Waals surface area contributed by atoms with E-state index in [1.165, 1.54) is 0 Å². The number of nitrogens with one attached hydrogen (secondary N) is 4. The molecule has 0 radical (unpaired) electrons. The summed E-state index contributed by atoms with van der Waals surface area (Å²) in [6.07, 6.45) is 12.8.